The van der Waals surface area contributed by atoms with Crippen molar-refractivity contribution in [1.82, 2.24) is 5.32 Å². The fourth-order valence-electron chi connectivity index (χ4n) is 5.32. The quantitative estimate of drug-likeness (QED) is 0.189. The summed E-state index contributed by atoms with van der Waals surface area (Å²) >= 11 is 13.1. The minimum Gasteiger partial charge on any atom is -0.543 e. The van der Waals surface area contributed by atoms with E-state index >= 15 is 0 Å². The zero-order chi connectivity index (χ0) is 32.0. The van der Waals surface area contributed by atoms with E-state index in [-0.39, 0.29) is 22.0 Å². The van der Waals surface area contributed by atoms with E-state index in [0.717, 1.165) is 5.56 Å². The fraction of sp³-hybridized carbons (Fsp3) is 0.516. The number of ether oxygens (including phenoxy) is 2. The molecule has 8 nitrogen and oxygen atoms in total. The van der Waals surface area contributed by atoms with E-state index in [4.69, 9.17) is 37.1 Å². The van der Waals surface area contributed by atoms with E-state index in [0.29, 0.717) is 28.1 Å². The molecule has 42 heavy (non-hydrogen) atoms. The molecule has 1 atom stereocenters. The van der Waals surface area contributed by atoms with Gasteiger partial charge in [0.2, 0.25) is 0 Å². The second kappa shape index (κ2) is 14.6. The molecule has 2 amide bonds. The Balaban J connectivity index is 2.19. The molecule has 0 saturated carbocycles. The second-order valence-corrected chi connectivity index (χ2v) is 18.4. The molecule has 0 fully saturated rings. The highest BCUT2D eigenvalue weighted by Gasteiger charge is 2.47. The molecule has 0 aliphatic carbocycles. The van der Waals surface area contributed by atoms with Crippen molar-refractivity contribution >= 4 is 55.2 Å². The van der Waals surface area contributed by atoms with Crippen LogP contribution in [0.15, 0.2) is 36.4 Å². The number of alkyl carbamates (subject to hydrolysis) is 1. The molecule has 2 rings (SSSR count). The molecule has 2 aromatic carbocycles. The van der Waals surface area contributed by atoms with Crippen LogP contribution in [0.25, 0.3) is 0 Å². The number of hydrogen-bond donors (Lipinski definition) is 2. The molecule has 0 spiro atoms. The molecule has 0 bridgehead atoms. The summed E-state index contributed by atoms with van der Waals surface area (Å²) in [6.07, 6.45) is -0.565. The average Bonchev–Trinajstić information content (AvgIpc) is 2.85. The van der Waals surface area contributed by atoms with E-state index < -0.39 is 37.9 Å². The fourth-order valence-corrected chi connectivity index (χ4v) is 11.2. The van der Waals surface area contributed by atoms with Gasteiger partial charge in [0.25, 0.3) is 14.2 Å². The van der Waals surface area contributed by atoms with Crippen molar-refractivity contribution in [3.63, 3.8) is 0 Å². The number of carbonyl (C=O) groups is 3. The Hall–Kier alpha value is -2.75. The SMILES string of the molecule is COC(=O)C(Cc1ccc(NC(=O)c2c(Cl)cc(O[Si](C(C)C)(C(C)C)C(C)C)cc2Cl)cc1)NC(=O)OC(C)(C)C. The number of halogens is 2. The van der Waals surface area contributed by atoms with Gasteiger partial charge in [0.15, 0.2) is 0 Å². The zero-order valence-electron chi connectivity index (χ0n) is 26.2. The maximum Gasteiger partial charge on any atom is 0.408 e. The van der Waals surface area contributed by atoms with Crippen LogP contribution in [0, 0.1) is 0 Å². The van der Waals surface area contributed by atoms with E-state index in [1.54, 1.807) is 57.2 Å². The monoisotopic (exact) mass is 638 g/mol. The largest absolute Gasteiger partial charge is 0.543 e. The first-order valence-corrected chi connectivity index (χ1v) is 17.0. The molecule has 2 aromatic rings. The lowest BCUT2D eigenvalue weighted by Crippen LogP contribution is -2.50. The van der Waals surface area contributed by atoms with Crippen LogP contribution in [0.2, 0.25) is 26.7 Å². The summed E-state index contributed by atoms with van der Waals surface area (Å²) < 4.78 is 16.8. The molecule has 0 aliphatic heterocycles. The number of hydrogen-bond acceptors (Lipinski definition) is 6. The Morgan fingerprint density at radius 2 is 1.38 bits per heavy atom. The standard InChI is InChI=1S/C31H44Cl2N2O6Si/c1-18(2)42(19(3)4,20(5)6)41-23-16-24(32)27(25(33)17-23)28(36)34-22-13-11-21(12-14-22)15-26(29(37)39-10)35-30(38)40-31(7,8)9/h11-14,16-20,26H,15H2,1-10H3,(H,34,36)(H,35,38). The van der Waals surface area contributed by atoms with Gasteiger partial charge in [-0.2, -0.15) is 0 Å². The number of nitrogens with one attached hydrogen (secondary N) is 2. The molecule has 0 heterocycles. The Bertz CT molecular complexity index is 1210. The Labute approximate surface area is 260 Å². The minimum atomic E-state index is -2.24. The molecule has 1 unspecified atom stereocenters. The van der Waals surface area contributed by atoms with Crippen LogP contribution >= 0.6 is 23.2 Å². The number of anilines is 1. The molecule has 0 saturated heterocycles. The van der Waals surface area contributed by atoms with Gasteiger partial charge in [0.1, 0.15) is 17.4 Å². The highest BCUT2D eigenvalue weighted by molar-refractivity contribution is 6.78. The van der Waals surface area contributed by atoms with E-state index in [1.807, 2.05) is 0 Å². The number of esters is 1. The van der Waals surface area contributed by atoms with Gasteiger partial charge in [-0.25, -0.2) is 9.59 Å². The van der Waals surface area contributed by atoms with Crippen LogP contribution in [-0.2, 0) is 20.7 Å². The summed E-state index contributed by atoms with van der Waals surface area (Å²) in [6.45, 7) is 18.3. The third kappa shape index (κ3) is 9.12. The lowest BCUT2D eigenvalue weighted by atomic mass is 10.1. The highest BCUT2D eigenvalue weighted by Crippen LogP contribution is 2.44. The number of methoxy groups -OCH3 is 1. The van der Waals surface area contributed by atoms with Crippen LogP contribution in [0.3, 0.4) is 0 Å². The molecule has 11 heteroatoms. The van der Waals surface area contributed by atoms with Crippen molar-refractivity contribution in [3.8, 4) is 5.75 Å². The van der Waals surface area contributed by atoms with Crippen molar-refractivity contribution in [1.29, 1.82) is 0 Å². The molecule has 0 radical (unpaired) electrons. The Morgan fingerprint density at radius 3 is 1.81 bits per heavy atom. The van der Waals surface area contributed by atoms with E-state index in [9.17, 15) is 14.4 Å². The molecule has 0 aromatic heterocycles. The summed E-state index contributed by atoms with van der Waals surface area (Å²) in [5, 5.41) is 5.75. The zero-order valence-corrected chi connectivity index (χ0v) is 28.7. The van der Waals surface area contributed by atoms with E-state index in [1.165, 1.54) is 7.11 Å². The molecular formula is C31H44Cl2N2O6Si. The topological polar surface area (TPSA) is 103 Å². The van der Waals surface area contributed by atoms with Crippen LogP contribution in [0.1, 0.15) is 78.2 Å². The summed E-state index contributed by atoms with van der Waals surface area (Å²) in [4.78, 5) is 37.6. The maximum absolute atomic E-state index is 13.2. The van der Waals surface area contributed by atoms with Gasteiger partial charge in [-0.05, 0) is 67.2 Å². The first-order chi connectivity index (χ1) is 19.4. The van der Waals surface area contributed by atoms with Crippen molar-refractivity contribution in [3.05, 3.63) is 57.6 Å². The average molecular weight is 640 g/mol. The van der Waals surface area contributed by atoms with Crippen LogP contribution in [-0.4, -0.2) is 45.0 Å². The lowest BCUT2D eigenvalue weighted by molar-refractivity contribution is -0.143. The molecule has 2 N–H and O–H groups in total. The summed E-state index contributed by atoms with van der Waals surface area (Å²) in [5.74, 6) is -0.512. The second-order valence-electron chi connectivity index (χ2n) is 12.3. The Kier molecular flexibility index (Phi) is 12.3. The van der Waals surface area contributed by atoms with E-state index in [2.05, 4.69) is 52.2 Å². The predicted molar refractivity (Wildman–Crippen MR) is 171 cm³/mol. The van der Waals surface area contributed by atoms with Crippen molar-refractivity contribution < 1.29 is 28.3 Å². The van der Waals surface area contributed by atoms with Gasteiger partial charge in [0, 0.05) is 12.1 Å². The van der Waals surface area contributed by atoms with Gasteiger partial charge in [-0.1, -0.05) is 76.9 Å². The maximum atomic E-state index is 13.2. The van der Waals surface area contributed by atoms with Crippen molar-refractivity contribution in [2.75, 3.05) is 12.4 Å². The normalized spacial score (nSPS) is 12.7. The number of amides is 2. The minimum absolute atomic E-state index is 0.146. The molecule has 232 valence electrons. The summed E-state index contributed by atoms with van der Waals surface area (Å²) in [7, 11) is -0.997. The van der Waals surface area contributed by atoms with Crippen LogP contribution in [0.4, 0.5) is 10.5 Å². The summed E-state index contributed by atoms with van der Waals surface area (Å²) in [5.41, 5.74) is 1.73. The van der Waals surface area contributed by atoms with Crippen molar-refractivity contribution in [2.24, 2.45) is 0 Å². The third-order valence-electron chi connectivity index (χ3n) is 7.07. The molecule has 0 aliphatic rings. The smallest absolute Gasteiger partial charge is 0.408 e. The first kappa shape index (κ1) is 35.4. The van der Waals surface area contributed by atoms with Gasteiger partial charge >= 0.3 is 12.1 Å². The van der Waals surface area contributed by atoms with Crippen molar-refractivity contribution in [2.45, 2.75) is 97.0 Å². The number of benzene rings is 2. The first-order valence-electron chi connectivity index (χ1n) is 14.1. The number of carbonyl (C=O) groups excluding carboxylic acids is 3. The predicted octanol–water partition coefficient (Wildman–Crippen LogP) is 8.41. The Morgan fingerprint density at radius 1 is 0.881 bits per heavy atom. The van der Waals surface area contributed by atoms with Gasteiger partial charge in [-0.15, -0.1) is 0 Å². The summed E-state index contributed by atoms with van der Waals surface area (Å²) in [6, 6.07) is 9.19. The van der Waals surface area contributed by atoms with Crippen LogP contribution < -0.4 is 15.1 Å². The van der Waals surface area contributed by atoms with Gasteiger partial charge in [0.05, 0.1) is 22.7 Å². The van der Waals surface area contributed by atoms with Gasteiger partial charge in [-0.3, -0.25) is 4.79 Å². The van der Waals surface area contributed by atoms with Gasteiger partial charge < -0.3 is 24.5 Å². The lowest BCUT2D eigenvalue weighted by Gasteiger charge is -2.42. The van der Waals surface area contributed by atoms with Crippen LogP contribution in [0.5, 0.6) is 5.75 Å². The highest BCUT2D eigenvalue weighted by atomic mass is 35.5. The third-order valence-corrected chi connectivity index (χ3v) is 13.7. The molecular weight excluding hydrogens is 595 g/mol. The number of rotatable bonds is 11.